The molecule has 0 unspecified atom stereocenters. The fraction of sp³-hybridized carbons (Fsp3) is 0.889. The van der Waals surface area contributed by atoms with Crippen LogP contribution in [0.15, 0.2) is 0 Å². The Morgan fingerprint density at radius 3 is 2.42 bits per heavy atom. The van der Waals surface area contributed by atoms with Gasteiger partial charge in [0.25, 0.3) is 10.1 Å². The molecular weight excluding hydrogens is 282 g/mol. The molecule has 1 saturated heterocycles. The Morgan fingerprint density at radius 2 is 2.00 bits per heavy atom. The van der Waals surface area contributed by atoms with E-state index < -0.39 is 53.3 Å². The maximum absolute atomic E-state index is 11.1. The lowest BCUT2D eigenvalue weighted by Crippen LogP contribution is -2.64. The van der Waals surface area contributed by atoms with E-state index in [1.165, 1.54) is 0 Å². The van der Waals surface area contributed by atoms with Gasteiger partial charge in [0.2, 0.25) is 5.91 Å². The quantitative estimate of drug-likeness (QED) is 0.400. The van der Waals surface area contributed by atoms with Crippen molar-refractivity contribution in [3.05, 3.63) is 0 Å². The van der Waals surface area contributed by atoms with Crippen molar-refractivity contribution >= 4 is 16.0 Å². The summed E-state index contributed by atoms with van der Waals surface area (Å²) >= 11 is 0. The van der Waals surface area contributed by atoms with Crippen molar-refractivity contribution in [3.63, 3.8) is 0 Å². The molecule has 0 aromatic rings. The first kappa shape index (κ1) is 16.3. The lowest BCUT2D eigenvalue weighted by Gasteiger charge is -2.41. The van der Waals surface area contributed by atoms with Gasteiger partial charge in [-0.15, -0.1) is 0 Å². The van der Waals surface area contributed by atoms with Crippen LogP contribution in [0.4, 0.5) is 0 Å². The Morgan fingerprint density at radius 1 is 1.42 bits per heavy atom. The third-order valence-corrected chi connectivity index (χ3v) is 3.10. The van der Waals surface area contributed by atoms with E-state index in [0.29, 0.717) is 0 Å². The van der Waals surface area contributed by atoms with Crippen molar-refractivity contribution in [1.82, 2.24) is 5.32 Å². The molecule has 10 heteroatoms. The third-order valence-electron chi connectivity index (χ3n) is 2.53. The summed E-state index contributed by atoms with van der Waals surface area (Å²) < 4.78 is 31.7. The molecule has 1 fully saturated rings. The zero-order valence-electron chi connectivity index (χ0n) is 10.4. The van der Waals surface area contributed by atoms with Crippen molar-refractivity contribution in [2.45, 2.75) is 37.6 Å². The van der Waals surface area contributed by atoms with Gasteiger partial charge in [0.15, 0.2) is 6.29 Å². The SMILES string of the molecule is CC(=O)N[C@@H]1[C@H](O)[C@H](OS(C)(=O)=O)[C@H](CO)O[C@@H]1O. The number of hydrogen-bond donors (Lipinski definition) is 4. The minimum absolute atomic E-state index is 0.549. The van der Waals surface area contributed by atoms with Crippen molar-refractivity contribution in [2.24, 2.45) is 0 Å². The lowest BCUT2D eigenvalue weighted by atomic mass is 9.97. The first-order chi connectivity index (χ1) is 8.65. The van der Waals surface area contributed by atoms with E-state index in [2.05, 4.69) is 9.50 Å². The molecule has 1 aliphatic rings. The van der Waals surface area contributed by atoms with Crippen LogP contribution in [-0.4, -0.2) is 73.2 Å². The van der Waals surface area contributed by atoms with Gasteiger partial charge in [0, 0.05) is 6.92 Å². The largest absolute Gasteiger partial charge is 0.394 e. The Labute approximate surface area is 110 Å². The van der Waals surface area contributed by atoms with E-state index in [1.807, 2.05) is 0 Å². The monoisotopic (exact) mass is 299 g/mol. The zero-order valence-corrected chi connectivity index (χ0v) is 11.2. The summed E-state index contributed by atoms with van der Waals surface area (Å²) in [4.78, 5) is 10.9. The standard InChI is InChI=1S/C9H17NO8S/c1-4(12)10-6-7(13)8(18-19(2,15)16)5(3-11)17-9(6)14/h5-9,11,13-14H,3H2,1-2H3,(H,10,12)/t5-,6+,7-,8+,9-/m0/s1. The molecule has 0 bridgehead atoms. The van der Waals surface area contributed by atoms with Crippen LogP contribution in [0, 0.1) is 0 Å². The number of carbonyl (C=O) groups is 1. The smallest absolute Gasteiger partial charge is 0.264 e. The Kier molecular flexibility index (Phi) is 5.24. The number of aliphatic hydroxyl groups excluding tert-OH is 3. The summed E-state index contributed by atoms with van der Waals surface area (Å²) in [7, 11) is -3.91. The van der Waals surface area contributed by atoms with E-state index in [-0.39, 0.29) is 0 Å². The second-order valence-corrected chi connectivity index (χ2v) is 5.83. The number of hydrogen-bond acceptors (Lipinski definition) is 8. The van der Waals surface area contributed by atoms with Crippen LogP contribution in [0.25, 0.3) is 0 Å². The maximum Gasteiger partial charge on any atom is 0.264 e. The predicted molar refractivity (Wildman–Crippen MR) is 61.3 cm³/mol. The highest BCUT2D eigenvalue weighted by Gasteiger charge is 2.47. The van der Waals surface area contributed by atoms with Crippen molar-refractivity contribution in [2.75, 3.05) is 12.9 Å². The van der Waals surface area contributed by atoms with Gasteiger partial charge >= 0.3 is 0 Å². The van der Waals surface area contributed by atoms with Gasteiger partial charge in [-0.2, -0.15) is 8.42 Å². The number of ether oxygens (including phenoxy) is 1. The minimum atomic E-state index is -3.91. The van der Waals surface area contributed by atoms with Crippen LogP contribution in [0.2, 0.25) is 0 Å². The first-order valence-electron chi connectivity index (χ1n) is 5.43. The van der Waals surface area contributed by atoms with Crippen molar-refractivity contribution in [1.29, 1.82) is 0 Å². The highest BCUT2D eigenvalue weighted by atomic mass is 32.2. The van der Waals surface area contributed by atoms with Crippen molar-refractivity contribution in [3.8, 4) is 0 Å². The molecule has 19 heavy (non-hydrogen) atoms. The van der Waals surface area contributed by atoms with E-state index in [1.54, 1.807) is 0 Å². The molecule has 0 spiro atoms. The average Bonchev–Trinajstić information content (AvgIpc) is 2.26. The van der Waals surface area contributed by atoms with Crippen LogP contribution < -0.4 is 5.32 Å². The van der Waals surface area contributed by atoms with Crippen LogP contribution >= 0.6 is 0 Å². The molecule has 0 radical (unpaired) electrons. The van der Waals surface area contributed by atoms with Gasteiger partial charge in [0.05, 0.1) is 12.9 Å². The highest BCUT2D eigenvalue weighted by molar-refractivity contribution is 7.86. The number of amides is 1. The van der Waals surface area contributed by atoms with Gasteiger partial charge in [0.1, 0.15) is 24.4 Å². The van der Waals surface area contributed by atoms with Gasteiger partial charge in [-0.25, -0.2) is 0 Å². The second kappa shape index (κ2) is 6.11. The predicted octanol–water partition coefficient (Wildman–Crippen LogP) is -3.09. The highest BCUT2D eigenvalue weighted by Crippen LogP contribution is 2.23. The summed E-state index contributed by atoms with van der Waals surface area (Å²) in [5.41, 5.74) is 0. The molecule has 4 N–H and O–H groups in total. The van der Waals surface area contributed by atoms with Gasteiger partial charge in [-0.1, -0.05) is 0 Å². The van der Waals surface area contributed by atoms with E-state index >= 15 is 0 Å². The van der Waals surface area contributed by atoms with Gasteiger partial charge in [-0.05, 0) is 0 Å². The lowest BCUT2D eigenvalue weighted by molar-refractivity contribution is -0.247. The Balaban J connectivity index is 2.94. The minimum Gasteiger partial charge on any atom is -0.394 e. The average molecular weight is 299 g/mol. The topological polar surface area (TPSA) is 142 Å². The molecule has 0 aromatic heterocycles. The molecule has 0 saturated carbocycles. The second-order valence-electron chi connectivity index (χ2n) is 4.23. The number of rotatable bonds is 4. The van der Waals surface area contributed by atoms with Crippen LogP contribution in [0.1, 0.15) is 6.92 Å². The number of carbonyl (C=O) groups excluding carboxylic acids is 1. The molecule has 1 amide bonds. The van der Waals surface area contributed by atoms with E-state index in [0.717, 1.165) is 13.2 Å². The Bertz CT molecular complexity index is 424. The summed E-state index contributed by atoms with van der Waals surface area (Å²) in [5, 5.41) is 30.8. The summed E-state index contributed by atoms with van der Waals surface area (Å²) in [6, 6.07) is -1.26. The van der Waals surface area contributed by atoms with Crippen LogP contribution in [0.3, 0.4) is 0 Å². The molecule has 112 valence electrons. The zero-order chi connectivity index (χ0) is 14.8. The molecule has 9 nitrogen and oxygen atoms in total. The molecule has 1 aliphatic heterocycles. The molecule has 1 rings (SSSR count). The molecule has 5 atom stereocenters. The van der Waals surface area contributed by atoms with Crippen molar-refractivity contribution < 1.29 is 37.5 Å². The van der Waals surface area contributed by atoms with Crippen LogP contribution in [0.5, 0.6) is 0 Å². The molecular formula is C9H17NO8S. The molecule has 0 aliphatic carbocycles. The van der Waals surface area contributed by atoms with E-state index in [9.17, 15) is 23.4 Å². The van der Waals surface area contributed by atoms with Crippen LogP contribution in [-0.2, 0) is 23.8 Å². The van der Waals surface area contributed by atoms with Gasteiger partial charge < -0.3 is 25.4 Å². The fourth-order valence-corrected chi connectivity index (χ4v) is 2.43. The number of aliphatic hydroxyl groups is 3. The normalized spacial score (nSPS) is 35.9. The van der Waals surface area contributed by atoms with E-state index in [4.69, 9.17) is 9.84 Å². The summed E-state index contributed by atoms with van der Waals surface area (Å²) in [5.74, 6) is -0.549. The molecule has 1 heterocycles. The van der Waals surface area contributed by atoms with Gasteiger partial charge in [-0.3, -0.25) is 8.98 Å². The third kappa shape index (κ3) is 4.37. The molecule has 0 aromatic carbocycles. The summed E-state index contributed by atoms with van der Waals surface area (Å²) in [6.07, 6.45) is -5.04. The Hall–Kier alpha value is -0.780. The summed E-state index contributed by atoms with van der Waals surface area (Å²) in [6.45, 7) is 0.491. The first-order valence-corrected chi connectivity index (χ1v) is 7.25. The number of nitrogens with one attached hydrogen (secondary N) is 1. The maximum atomic E-state index is 11.1. The fourth-order valence-electron chi connectivity index (χ4n) is 1.79.